The van der Waals surface area contributed by atoms with Gasteiger partial charge in [0.2, 0.25) is 10.0 Å². The highest BCUT2D eigenvalue weighted by atomic mass is 32.2. The summed E-state index contributed by atoms with van der Waals surface area (Å²) in [4.78, 5) is 0.467. The molecule has 6 heteroatoms. The van der Waals surface area contributed by atoms with Crippen LogP contribution >= 0.6 is 12.2 Å². The molecule has 1 fully saturated rings. The van der Waals surface area contributed by atoms with Gasteiger partial charge >= 0.3 is 0 Å². The van der Waals surface area contributed by atoms with Crippen molar-refractivity contribution in [1.82, 2.24) is 4.72 Å². The molecule has 4 nitrogen and oxygen atoms in total. The third-order valence-electron chi connectivity index (χ3n) is 4.34. The molecular weight excluding hydrogens is 304 g/mol. The zero-order chi connectivity index (χ0) is 15.6. The van der Waals surface area contributed by atoms with Crippen molar-refractivity contribution < 1.29 is 8.42 Å². The number of benzene rings is 1. The van der Waals surface area contributed by atoms with Crippen LogP contribution in [0.3, 0.4) is 0 Å². The van der Waals surface area contributed by atoms with E-state index >= 15 is 0 Å². The number of hydrogen-bond donors (Lipinski definition) is 2. The largest absolute Gasteiger partial charge is 0.389 e. The van der Waals surface area contributed by atoms with Gasteiger partial charge in [-0.3, -0.25) is 0 Å². The Morgan fingerprint density at radius 3 is 2.71 bits per heavy atom. The third-order valence-corrected chi connectivity index (χ3v) is 6.14. The molecule has 3 N–H and O–H groups in total. The van der Waals surface area contributed by atoms with Crippen molar-refractivity contribution in [2.24, 2.45) is 17.6 Å². The molecule has 0 amide bonds. The number of nitrogens with two attached hydrogens (primary N) is 1. The fraction of sp³-hybridized carbons (Fsp3) is 0.533. The van der Waals surface area contributed by atoms with Crippen molar-refractivity contribution in [3.63, 3.8) is 0 Å². The molecule has 0 heterocycles. The van der Waals surface area contributed by atoms with Gasteiger partial charge in [-0.2, -0.15) is 0 Å². The number of hydrogen-bond acceptors (Lipinski definition) is 3. The lowest BCUT2D eigenvalue weighted by atomic mass is 9.99. The van der Waals surface area contributed by atoms with Crippen LogP contribution in [0.25, 0.3) is 0 Å². The Morgan fingerprint density at radius 1 is 1.43 bits per heavy atom. The number of aryl methyl sites for hydroxylation is 1. The number of rotatable bonds is 5. The second-order valence-electron chi connectivity index (χ2n) is 5.86. The van der Waals surface area contributed by atoms with Crippen molar-refractivity contribution in [2.75, 3.05) is 6.54 Å². The summed E-state index contributed by atoms with van der Waals surface area (Å²) in [5.41, 5.74) is 6.85. The topological polar surface area (TPSA) is 72.2 Å². The first kappa shape index (κ1) is 16.4. The highest BCUT2D eigenvalue weighted by Gasteiger charge is 2.26. The molecule has 1 aromatic rings. The van der Waals surface area contributed by atoms with Crippen molar-refractivity contribution >= 4 is 27.2 Å². The molecule has 1 aliphatic rings. The summed E-state index contributed by atoms with van der Waals surface area (Å²) in [6.45, 7) is 4.46. The Morgan fingerprint density at radius 2 is 2.14 bits per heavy atom. The highest BCUT2D eigenvalue weighted by molar-refractivity contribution is 7.89. The van der Waals surface area contributed by atoms with E-state index in [1.54, 1.807) is 25.1 Å². The second kappa shape index (κ2) is 6.42. The molecule has 2 atom stereocenters. The van der Waals surface area contributed by atoms with Crippen LogP contribution in [0.15, 0.2) is 23.1 Å². The Kier molecular flexibility index (Phi) is 5.01. The maximum atomic E-state index is 12.5. The van der Waals surface area contributed by atoms with Gasteiger partial charge in [-0.15, -0.1) is 0 Å². The van der Waals surface area contributed by atoms with Gasteiger partial charge in [-0.05, 0) is 36.8 Å². The van der Waals surface area contributed by atoms with E-state index < -0.39 is 10.0 Å². The predicted molar refractivity (Wildman–Crippen MR) is 88.8 cm³/mol. The highest BCUT2D eigenvalue weighted by Crippen LogP contribution is 2.30. The molecule has 116 valence electrons. The summed E-state index contributed by atoms with van der Waals surface area (Å²) in [5.74, 6) is 1.01. The van der Waals surface area contributed by atoms with Gasteiger partial charge in [0.25, 0.3) is 0 Å². The van der Waals surface area contributed by atoms with Gasteiger partial charge < -0.3 is 5.73 Å². The lowest BCUT2D eigenvalue weighted by Gasteiger charge is -2.17. The zero-order valence-electron chi connectivity index (χ0n) is 12.4. The van der Waals surface area contributed by atoms with Gasteiger partial charge in [0.05, 0.1) is 4.90 Å². The van der Waals surface area contributed by atoms with E-state index in [1.807, 2.05) is 0 Å². The van der Waals surface area contributed by atoms with Crippen LogP contribution < -0.4 is 10.5 Å². The van der Waals surface area contributed by atoms with Crippen molar-refractivity contribution in [3.05, 3.63) is 29.3 Å². The molecule has 2 rings (SSSR count). The number of thiocarbonyl (C=S) groups is 1. The summed E-state index contributed by atoms with van der Waals surface area (Å²) in [6, 6.07) is 5.04. The number of sulfonamides is 1. The summed E-state index contributed by atoms with van der Waals surface area (Å²) in [7, 11) is -3.52. The first-order valence-corrected chi connectivity index (χ1v) is 9.10. The van der Waals surface area contributed by atoms with Gasteiger partial charge in [0.1, 0.15) is 4.99 Å². The Labute approximate surface area is 132 Å². The molecule has 0 saturated heterocycles. The van der Waals surface area contributed by atoms with Gasteiger partial charge in [-0.25, -0.2) is 13.1 Å². The van der Waals surface area contributed by atoms with Crippen LogP contribution in [-0.2, 0) is 10.0 Å². The fourth-order valence-electron chi connectivity index (χ4n) is 2.86. The molecule has 1 saturated carbocycles. The molecule has 1 aromatic carbocycles. The molecule has 1 aliphatic carbocycles. The van der Waals surface area contributed by atoms with Gasteiger partial charge in [0, 0.05) is 12.1 Å². The maximum absolute atomic E-state index is 12.5. The Balaban J connectivity index is 2.19. The molecule has 0 aliphatic heterocycles. The van der Waals surface area contributed by atoms with Crippen LogP contribution in [0, 0.1) is 18.8 Å². The summed E-state index contributed by atoms with van der Waals surface area (Å²) in [6.07, 6.45) is 3.46. The molecule has 0 aromatic heterocycles. The van der Waals surface area contributed by atoms with Crippen LogP contribution in [0.4, 0.5) is 0 Å². The molecule has 2 unspecified atom stereocenters. The minimum Gasteiger partial charge on any atom is -0.389 e. The number of nitrogens with one attached hydrogen (secondary N) is 1. The third kappa shape index (κ3) is 3.81. The van der Waals surface area contributed by atoms with E-state index in [0.29, 0.717) is 29.5 Å². The monoisotopic (exact) mass is 326 g/mol. The van der Waals surface area contributed by atoms with Crippen molar-refractivity contribution in [3.8, 4) is 0 Å². The van der Waals surface area contributed by atoms with E-state index in [9.17, 15) is 8.42 Å². The van der Waals surface area contributed by atoms with Crippen molar-refractivity contribution in [1.29, 1.82) is 0 Å². The van der Waals surface area contributed by atoms with Crippen LogP contribution in [0.5, 0.6) is 0 Å². The minimum absolute atomic E-state index is 0.205. The van der Waals surface area contributed by atoms with Gasteiger partial charge in [0.15, 0.2) is 0 Å². The summed E-state index contributed by atoms with van der Waals surface area (Å²) in [5, 5.41) is 0. The van der Waals surface area contributed by atoms with E-state index in [2.05, 4.69) is 11.6 Å². The lowest BCUT2D eigenvalue weighted by molar-refractivity contribution is 0.414. The van der Waals surface area contributed by atoms with Gasteiger partial charge in [-0.1, -0.05) is 44.1 Å². The quantitative estimate of drug-likeness (QED) is 0.815. The molecule has 0 spiro atoms. The molecule has 0 bridgehead atoms. The molecule has 0 radical (unpaired) electrons. The molecule has 21 heavy (non-hydrogen) atoms. The minimum atomic E-state index is -3.52. The second-order valence-corrected chi connectivity index (χ2v) is 8.04. The first-order chi connectivity index (χ1) is 9.81. The smallest absolute Gasteiger partial charge is 0.240 e. The van der Waals surface area contributed by atoms with Crippen LogP contribution in [0.1, 0.15) is 37.3 Å². The maximum Gasteiger partial charge on any atom is 0.240 e. The van der Waals surface area contributed by atoms with E-state index in [-0.39, 0.29) is 9.88 Å². The summed E-state index contributed by atoms with van der Waals surface area (Å²) >= 11 is 4.92. The van der Waals surface area contributed by atoms with E-state index in [1.165, 1.54) is 12.8 Å². The van der Waals surface area contributed by atoms with E-state index in [4.69, 9.17) is 18.0 Å². The zero-order valence-corrected chi connectivity index (χ0v) is 14.1. The first-order valence-electron chi connectivity index (χ1n) is 7.21. The average Bonchev–Trinajstić information content (AvgIpc) is 2.82. The van der Waals surface area contributed by atoms with E-state index in [0.717, 1.165) is 6.42 Å². The van der Waals surface area contributed by atoms with Crippen LogP contribution in [0.2, 0.25) is 0 Å². The Hall–Kier alpha value is -0.980. The van der Waals surface area contributed by atoms with Crippen molar-refractivity contribution in [2.45, 2.75) is 38.0 Å². The Bertz CT molecular complexity index is 641. The normalized spacial score (nSPS) is 22.4. The van der Waals surface area contributed by atoms with Crippen LogP contribution in [-0.4, -0.2) is 20.0 Å². The fourth-order valence-corrected chi connectivity index (χ4v) is 4.35. The lowest BCUT2D eigenvalue weighted by Crippen LogP contribution is -2.31. The summed E-state index contributed by atoms with van der Waals surface area (Å²) < 4.78 is 27.7. The molecular formula is C15H22N2O2S2. The standard InChI is InChI=1S/C15H22N2O2S2/c1-10-4-3-5-13(10)9-17-21(18,19)14-8-12(15(16)20)7-6-11(14)2/h6-8,10,13,17H,3-5,9H2,1-2H3,(H2,16,20). The SMILES string of the molecule is Cc1ccc(C(N)=S)cc1S(=O)(=O)NCC1CCCC1C. The predicted octanol–water partition coefficient (Wildman–Crippen LogP) is 2.34. The average molecular weight is 326 g/mol.